The number of hydrogen-bond acceptors (Lipinski definition) is 4. The van der Waals surface area contributed by atoms with E-state index in [1.54, 1.807) is 22.2 Å². The zero-order valence-corrected chi connectivity index (χ0v) is 16.4. The average molecular weight is 376 g/mol. The van der Waals surface area contributed by atoms with Crippen molar-refractivity contribution in [3.8, 4) is 11.8 Å². The number of nitriles is 1. The van der Waals surface area contributed by atoms with Crippen LogP contribution in [0.1, 0.15) is 44.8 Å². The highest BCUT2D eigenvalue weighted by Gasteiger charge is 2.22. The molecule has 6 heteroatoms. The summed E-state index contributed by atoms with van der Waals surface area (Å²) in [6.07, 6.45) is 4.67. The smallest absolute Gasteiger partial charge is 0.280 e. The zero-order chi connectivity index (χ0) is 19.1. The Morgan fingerprint density at radius 2 is 2.07 bits per heavy atom. The number of H-pyrrole nitrogens is 1. The van der Waals surface area contributed by atoms with Crippen LogP contribution in [0.25, 0.3) is 5.69 Å². The second-order valence-corrected chi connectivity index (χ2v) is 8.05. The van der Waals surface area contributed by atoms with Crippen LogP contribution >= 0.6 is 11.3 Å². The van der Waals surface area contributed by atoms with Gasteiger partial charge < -0.3 is 0 Å². The number of fused-ring (bicyclic) bond motifs is 1. The fourth-order valence-electron chi connectivity index (χ4n) is 3.48. The molecule has 1 aliphatic carbocycles. The fourth-order valence-corrected chi connectivity index (χ4v) is 4.66. The second kappa shape index (κ2) is 6.67. The number of benzene rings is 1. The number of aryl methyl sites for hydroxylation is 4. The van der Waals surface area contributed by atoms with Gasteiger partial charge in [-0.15, -0.1) is 11.3 Å². The van der Waals surface area contributed by atoms with Gasteiger partial charge in [0.15, 0.2) is 0 Å². The lowest BCUT2D eigenvalue weighted by molar-refractivity contribution is 0.833. The topological polar surface area (TPSA) is 73.9 Å². The summed E-state index contributed by atoms with van der Waals surface area (Å²) in [7, 11) is 0. The van der Waals surface area contributed by atoms with Crippen LogP contribution in [0.3, 0.4) is 0 Å². The second-order valence-electron chi connectivity index (χ2n) is 6.97. The van der Waals surface area contributed by atoms with Gasteiger partial charge in [-0.1, -0.05) is 6.07 Å². The summed E-state index contributed by atoms with van der Waals surface area (Å²) in [5.74, 6) is 0. The summed E-state index contributed by atoms with van der Waals surface area (Å²) in [6.45, 7) is 5.94. The predicted molar refractivity (Wildman–Crippen MR) is 109 cm³/mol. The molecule has 0 spiro atoms. The van der Waals surface area contributed by atoms with Gasteiger partial charge >= 0.3 is 0 Å². The SMILES string of the molecule is Cc1ccc(-n2[nH]c(C)c(C=Nc3sc4c(c3C#N)CCC4)c2=O)cc1C. The molecule has 1 aromatic carbocycles. The van der Waals surface area contributed by atoms with Crippen LogP contribution in [0.2, 0.25) is 0 Å². The molecular formula is C21H20N4OS. The van der Waals surface area contributed by atoms with E-state index in [1.165, 1.54) is 10.4 Å². The summed E-state index contributed by atoms with van der Waals surface area (Å²) >= 11 is 1.57. The molecule has 0 atom stereocenters. The predicted octanol–water partition coefficient (Wildman–Crippen LogP) is 4.26. The van der Waals surface area contributed by atoms with E-state index in [9.17, 15) is 10.1 Å². The normalized spacial score (nSPS) is 13.3. The molecule has 0 saturated heterocycles. The summed E-state index contributed by atoms with van der Waals surface area (Å²) < 4.78 is 1.54. The number of hydrogen-bond donors (Lipinski definition) is 1. The highest BCUT2D eigenvalue weighted by Crippen LogP contribution is 2.40. The molecule has 0 aliphatic heterocycles. The molecule has 27 heavy (non-hydrogen) atoms. The molecule has 0 fully saturated rings. The Kier molecular flexibility index (Phi) is 4.33. The third-order valence-electron chi connectivity index (χ3n) is 5.19. The lowest BCUT2D eigenvalue weighted by Gasteiger charge is -2.05. The molecule has 0 unspecified atom stereocenters. The molecule has 3 aromatic rings. The minimum Gasteiger partial charge on any atom is -0.295 e. The zero-order valence-electron chi connectivity index (χ0n) is 15.6. The first-order valence-corrected chi connectivity index (χ1v) is 9.79. The van der Waals surface area contributed by atoms with Crippen molar-refractivity contribution in [3.05, 3.63) is 66.9 Å². The van der Waals surface area contributed by atoms with E-state index in [2.05, 4.69) is 16.2 Å². The molecular weight excluding hydrogens is 356 g/mol. The van der Waals surface area contributed by atoms with Crippen LogP contribution in [-0.4, -0.2) is 16.0 Å². The van der Waals surface area contributed by atoms with Gasteiger partial charge in [-0.2, -0.15) is 5.26 Å². The maximum absolute atomic E-state index is 12.9. The Labute approximate surface area is 161 Å². The Bertz CT molecular complexity index is 1170. The first kappa shape index (κ1) is 17.5. The van der Waals surface area contributed by atoms with Crippen LogP contribution < -0.4 is 5.56 Å². The Morgan fingerprint density at radius 3 is 2.81 bits per heavy atom. The molecule has 1 aliphatic rings. The number of aliphatic imine (C=N–C) groups is 1. The molecule has 136 valence electrons. The highest BCUT2D eigenvalue weighted by molar-refractivity contribution is 7.16. The van der Waals surface area contributed by atoms with E-state index in [-0.39, 0.29) is 5.56 Å². The number of nitrogens with one attached hydrogen (secondary N) is 1. The van der Waals surface area contributed by atoms with Crippen LogP contribution in [0, 0.1) is 32.1 Å². The summed E-state index contributed by atoms with van der Waals surface area (Å²) in [5, 5.41) is 13.3. The molecule has 4 rings (SSSR count). The van der Waals surface area contributed by atoms with Gasteiger partial charge in [0.2, 0.25) is 0 Å². The molecule has 2 aromatic heterocycles. The number of nitrogens with zero attached hydrogens (tertiary/aromatic N) is 3. The molecule has 5 nitrogen and oxygen atoms in total. The Balaban J connectivity index is 1.73. The van der Waals surface area contributed by atoms with Crippen molar-refractivity contribution in [2.24, 2.45) is 4.99 Å². The van der Waals surface area contributed by atoms with Gasteiger partial charge in [0.1, 0.15) is 11.1 Å². The maximum atomic E-state index is 12.9. The maximum Gasteiger partial charge on any atom is 0.280 e. The van der Waals surface area contributed by atoms with Gasteiger partial charge in [-0.05, 0) is 68.9 Å². The molecule has 0 bridgehead atoms. The van der Waals surface area contributed by atoms with Gasteiger partial charge in [0.05, 0.1) is 16.8 Å². The largest absolute Gasteiger partial charge is 0.295 e. The van der Waals surface area contributed by atoms with Crippen LogP contribution in [-0.2, 0) is 12.8 Å². The van der Waals surface area contributed by atoms with E-state index in [0.29, 0.717) is 16.1 Å². The first-order valence-electron chi connectivity index (χ1n) is 8.97. The summed E-state index contributed by atoms with van der Waals surface area (Å²) in [6, 6.07) is 8.22. The van der Waals surface area contributed by atoms with Crippen LogP contribution in [0.4, 0.5) is 5.00 Å². The minimum atomic E-state index is -0.137. The molecule has 1 N–H and O–H groups in total. The number of thiophene rings is 1. The van der Waals surface area contributed by atoms with Crippen molar-refractivity contribution in [2.75, 3.05) is 0 Å². The van der Waals surface area contributed by atoms with Gasteiger partial charge in [-0.3, -0.25) is 9.89 Å². The third-order valence-corrected chi connectivity index (χ3v) is 6.39. The highest BCUT2D eigenvalue weighted by atomic mass is 32.1. The quantitative estimate of drug-likeness (QED) is 0.694. The standard InChI is InChI=1S/C21H20N4OS/c1-12-7-8-15(9-13(12)2)25-21(26)18(14(3)24-25)11-23-20-17(10-22)16-5-4-6-19(16)27-20/h7-9,11,24H,4-6H2,1-3H3. The Hall–Kier alpha value is -2.91. The van der Waals surface area contributed by atoms with E-state index < -0.39 is 0 Å². The van der Waals surface area contributed by atoms with Crippen LogP contribution in [0.5, 0.6) is 0 Å². The molecule has 2 heterocycles. The van der Waals surface area contributed by atoms with E-state index in [4.69, 9.17) is 0 Å². The third kappa shape index (κ3) is 2.94. The van der Waals surface area contributed by atoms with Crippen molar-refractivity contribution in [2.45, 2.75) is 40.0 Å². The van der Waals surface area contributed by atoms with Crippen molar-refractivity contribution < 1.29 is 0 Å². The van der Waals surface area contributed by atoms with Gasteiger partial charge in [-0.25, -0.2) is 9.67 Å². The van der Waals surface area contributed by atoms with Crippen molar-refractivity contribution in [1.29, 1.82) is 5.26 Å². The summed E-state index contributed by atoms with van der Waals surface area (Å²) in [5.41, 5.74) is 6.08. The number of aromatic amines is 1. The van der Waals surface area contributed by atoms with Crippen molar-refractivity contribution in [1.82, 2.24) is 9.78 Å². The molecule has 0 radical (unpaired) electrons. The first-order chi connectivity index (χ1) is 13.0. The lowest BCUT2D eigenvalue weighted by atomic mass is 10.1. The lowest BCUT2D eigenvalue weighted by Crippen LogP contribution is -2.17. The van der Waals surface area contributed by atoms with Gasteiger partial charge in [0, 0.05) is 16.8 Å². The van der Waals surface area contributed by atoms with Crippen molar-refractivity contribution >= 4 is 22.6 Å². The molecule has 0 saturated carbocycles. The van der Waals surface area contributed by atoms with Crippen molar-refractivity contribution in [3.63, 3.8) is 0 Å². The van der Waals surface area contributed by atoms with Crippen LogP contribution in [0.15, 0.2) is 28.0 Å². The summed E-state index contributed by atoms with van der Waals surface area (Å²) in [4.78, 5) is 18.7. The minimum absolute atomic E-state index is 0.137. The average Bonchev–Trinajstić information content (AvgIpc) is 3.29. The monoisotopic (exact) mass is 376 g/mol. The molecule has 0 amide bonds. The van der Waals surface area contributed by atoms with E-state index >= 15 is 0 Å². The van der Waals surface area contributed by atoms with Gasteiger partial charge in [0.25, 0.3) is 5.56 Å². The van der Waals surface area contributed by atoms with E-state index in [1.807, 2.05) is 39.0 Å². The van der Waals surface area contributed by atoms with E-state index in [0.717, 1.165) is 41.8 Å². The number of rotatable bonds is 3. The Morgan fingerprint density at radius 1 is 1.26 bits per heavy atom. The fraction of sp³-hybridized carbons (Fsp3) is 0.286. The number of aromatic nitrogens is 2.